The van der Waals surface area contributed by atoms with Gasteiger partial charge in [0.15, 0.2) is 0 Å². The fourth-order valence-electron chi connectivity index (χ4n) is 2.34. The van der Waals surface area contributed by atoms with E-state index in [1.165, 1.54) is 34.6 Å². The van der Waals surface area contributed by atoms with Crippen molar-refractivity contribution in [1.29, 1.82) is 0 Å². The maximum absolute atomic E-state index is 3.38. The lowest BCUT2D eigenvalue weighted by Gasteiger charge is -1.88. The topological polar surface area (TPSA) is 15.8 Å². The summed E-state index contributed by atoms with van der Waals surface area (Å²) < 4.78 is 0. The van der Waals surface area contributed by atoms with E-state index in [-0.39, 0.29) is 0 Å². The number of aromatic nitrogens is 1. The normalized spacial score (nSPS) is 13.5. The van der Waals surface area contributed by atoms with Crippen LogP contribution in [-0.4, -0.2) is 4.98 Å². The van der Waals surface area contributed by atoms with Crippen molar-refractivity contribution in [3.63, 3.8) is 0 Å². The first-order valence-electron chi connectivity index (χ1n) is 6.72. The van der Waals surface area contributed by atoms with Gasteiger partial charge in [-0.3, -0.25) is 0 Å². The van der Waals surface area contributed by atoms with Crippen molar-refractivity contribution in [2.24, 2.45) is 0 Å². The van der Waals surface area contributed by atoms with Gasteiger partial charge in [-0.05, 0) is 25.0 Å². The number of hydrogen-bond acceptors (Lipinski definition) is 0. The lowest BCUT2D eigenvalue weighted by molar-refractivity contribution is 1.04. The highest BCUT2D eigenvalue weighted by atomic mass is 14.7. The van der Waals surface area contributed by atoms with Gasteiger partial charge in [-0.15, -0.1) is 0 Å². The Hall–Kier alpha value is -2.28. The zero-order valence-electron chi connectivity index (χ0n) is 10.8. The number of para-hydroxylation sites is 2. The van der Waals surface area contributed by atoms with Gasteiger partial charge in [0.1, 0.15) is 0 Å². The SMILES string of the molecule is C1=CCCC=C1.c1ccc2c(c1)[nH]c1ccccc12. The second-order valence-corrected chi connectivity index (χ2v) is 4.65. The Bertz CT molecular complexity index is 669. The first-order chi connectivity index (χ1) is 9.45. The van der Waals surface area contributed by atoms with Crippen molar-refractivity contribution < 1.29 is 0 Å². The van der Waals surface area contributed by atoms with E-state index in [9.17, 15) is 0 Å². The average molecular weight is 247 g/mol. The second kappa shape index (κ2) is 5.57. The van der Waals surface area contributed by atoms with Gasteiger partial charge in [-0.2, -0.15) is 0 Å². The van der Waals surface area contributed by atoms with E-state index < -0.39 is 0 Å². The molecule has 1 N–H and O–H groups in total. The molecule has 19 heavy (non-hydrogen) atoms. The van der Waals surface area contributed by atoms with E-state index in [0.717, 1.165) is 0 Å². The number of aromatic amines is 1. The molecule has 4 rings (SSSR count). The van der Waals surface area contributed by atoms with Crippen LogP contribution in [0, 0.1) is 0 Å². The van der Waals surface area contributed by atoms with Crippen LogP contribution in [0.3, 0.4) is 0 Å². The maximum Gasteiger partial charge on any atom is 0.0464 e. The van der Waals surface area contributed by atoms with Crippen LogP contribution in [-0.2, 0) is 0 Å². The molecule has 94 valence electrons. The van der Waals surface area contributed by atoms with Crippen LogP contribution in [0.1, 0.15) is 12.8 Å². The number of fused-ring (bicyclic) bond motifs is 3. The first-order valence-corrected chi connectivity index (χ1v) is 6.72. The summed E-state index contributed by atoms with van der Waals surface area (Å²) in [5.74, 6) is 0. The highest BCUT2D eigenvalue weighted by molar-refractivity contribution is 6.06. The standard InChI is InChI=1S/C12H9N.C6H8/c1-3-7-11-9(5-1)10-6-2-4-8-12(10)13-11;1-2-4-6-5-3-1/h1-8,13H;1-4H,5-6H2. The predicted octanol–water partition coefficient (Wildman–Crippen LogP) is 5.21. The van der Waals surface area contributed by atoms with E-state index in [1.54, 1.807) is 0 Å². The molecule has 0 unspecified atom stereocenters. The van der Waals surface area contributed by atoms with Crippen molar-refractivity contribution in [3.8, 4) is 0 Å². The second-order valence-electron chi connectivity index (χ2n) is 4.65. The highest BCUT2D eigenvalue weighted by Gasteiger charge is 2.00. The molecule has 0 radical (unpaired) electrons. The zero-order chi connectivity index (χ0) is 12.9. The number of nitrogens with one attached hydrogen (secondary N) is 1. The molecule has 1 aliphatic rings. The Balaban J connectivity index is 0.000000155. The minimum absolute atomic E-state index is 1.21. The maximum atomic E-state index is 3.38. The van der Waals surface area contributed by atoms with Gasteiger partial charge in [-0.1, -0.05) is 60.7 Å². The summed E-state index contributed by atoms with van der Waals surface area (Å²) in [6.07, 6.45) is 11.0. The van der Waals surface area contributed by atoms with Crippen molar-refractivity contribution in [2.45, 2.75) is 12.8 Å². The fraction of sp³-hybridized carbons (Fsp3) is 0.111. The van der Waals surface area contributed by atoms with Gasteiger partial charge in [0.2, 0.25) is 0 Å². The molecule has 0 saturated carbocycles. The van der Waals surface area contributed by atoms with Crippen molar-refractivity contribution >= 4 is 21.8 Å². The summed E-state index contributed by atoms with van der Waals surface area (Å²) in [6, 6.07) is 16.8. The predicted molar refractivity (Wildman–Crippen MR) is 83.3 cm³/mol. The number of H-pyrrole nitrogens is 1. The van der Waals surface area contributed by atoms with Crippen LogP contribution in [0.5, 0.6) is 0 Å². The molecular weight excluding hydrogens is 230 g/mol. The van der Waals surface area contributed by atoms with Gasteiger partial charge in [0.05, 0.1) is 0 Å². The number of benzene rings is 2. The van der Waals surface area contributed by atoms with Crippen LogP contribution in [0.15, 0.2) is 72.8 Å². The molecule has 1 aromatic heterocycles. The number of allylic oxidation sites excluding steroid dienone is 4. The summed E-state index contributed by atoms with van der Waals surface area (Å²) in [5.41, 5.74) is 2.42. The molecule has 0 saturated heterocycles. The van der Waals surface area contributed by atoms with E-state index in [1.807, 2.05) is 0 Å². The third-order valence-electron chi connectivity index (χ3n) is 3.30. The Morgan fingerprint density at radius 1 is 0.632 bits per heavy atom. The average Bonchev–Trinajstić information content (AvgIpc) is 2.88. The third kappa shape index (κ3) is 2.60. The Kier molecular flexibility index (Phi) is 3.46. The largest absolute Gasteiger partial charge is 0.355 e. The highest BCUT2D eigenvalue weighted by Crippen LogP contribution is 2.24. The molecular formula is C18H17N. The Labute approximate surface area is 113 Å². The van der Waals surface area contributed by atoms with Crippen molar-refractivity contribution in [1.82, 2.24) is 4.98 Å². The summed E-state index contributed by atoms with van der Waals surface area (Å²) in [6.45, 7) is 0. The van der Waals surface area contributed by atoms with Gasteiger partial charge in [0, 0.05) is 21.8 Å². The molecule has 0 atom stereocenters. The zero-order valence-corrected chi connectivity index (χ0v) is 10.8. The van der Waals surface area contributed by atoms with Gasteiger partial charge < -0.3 is 4.98 Å². The van der Waals surface area contributed by atoms with Crippen LogP contribution >= 0.6 is 0 Å². The minimum Gasteiger partial charge on any atom is -0.355 e. The quantitative estimate of drug-likeness (QED) is 0.561. The summed E-state index contributed by atoms with van der Waals surface area (Å²) in [4.78, 5) is 3.38. The molecule has 0 fully saturated rings. The van der Waals surface area contributed by atoms with E-state index >= 15 is 0 Å². The third-order valence-corrected chi connectivity index (χ3v) is 3.30. The molecule has 0 amide bonds. The fourth-order valence-corrected chi connectivity index (χ4v) is 2.34. The Morgan fingerprint density at radius 2 is 1.11 bits per heavy atom. The Morgan fingerprint density at radius 3 is 1.53 bits per heavy atom. The van der Waals surface area contributed by atoms with E-state index in [0.29, 0.717) is 0 Å². The molecule has 1 heteroatoms. The smallest absolute Gasteiger partial charge is 0.0464 e. The summed E-state index contributed by atoms with van der Waals surface area (Å²) in [7, 11) is 0. The lowest BCUT2D eigenvalue weighted by atomic mass is 10.2. The van der Waals surface area contributed by atoms with Crippen LogP contribution in [0.4, 0.5) is 0 Å². The molecule has 0 aliphatic heterocycles. The van der Waals surface area contributed by atoms with Crippen LogP contribution < -0.4 is 0 Å². The van der Waals surface area contributed by atoms with Crippen molar-refractivity contribution in [2.75, 3.05) is 0 Å². The van der Waals surface area contributed by atoms with E-state index in [2.05, 4.69) is 77.8 Å². The minimum atomic E-state index is 1.21. The monoisotopic (exact) mass is 247 g/mol. The number of hydrogen-bond donors (Lipinski definition) is 1. The molecule has 1 heterocycles. The van der Waals surface area contributed by atoms with Gasteiger partial charge in [0.25, 0.3) is 0 Å². The molecule has 3 aromatic rings. The van der Waals surface area contributed by atoms with E-state index in [4.69, 9.17) is 0 Å². The molecule has 0 spiro atoms. The van der Waals surface area contributed by atoms with Gasteiger partial charge in [-0.25, -0.2) is 0 Å². The molecule has 0 bridgehead atoms. The van der Waals surface area contributed by atoms with Crippen LogP contribution in [0.2, 0.25) is 0 Å². The summed E-state index contributed by atoms with van der Waals surface area (Å²) in [5, 5.41) is 2.61. The van der Waals surface area contributed by atoms with Crippen molar-refractivity contribution in [3.05, 3.63) is 72.8 Å². The lowest BCUT2D eigenvalue weighted by Crippen LogP contribution is -1.67. The molecule has 2 aromatic carbocycles. The first kappa shape index (κ1) is 11.8. The summed E-state index contributed by atoms with van der Waals surface area (Å²) >= 11 is 0. The van der Waals surface area contributed by atoms with Crippen LogP contribution in [0.25, 0.3) is 21.8 Å². The molecule has 1 nitrogen and oxygen atoms in total. The molecule has 1 aliphatic carbocycles. The van der Waals surface area contributed by atoms with Gasteiger partial charge >= 0.3 is 0 Å². The number of rotatable bonds is 0.